The highest BCUT2D eigenvalue weighted by Gasteiger charge is 2.52. The van der Waals surface area contributed by atoms with Crippen molar-refractivity contribution in [2.75, 3.05) is 5.32 Å². The molecule has 0 unspecified atom stereocenters. The van der Waals surface area contributed by atoms with E-state index in [1.54, 1.807) is 6.07 Å². The Hall–Kier alpha value is -1.53. The Morgan fingerprint density at radius 1 is 1.14 bits per heavy atom. The molecular formula is C15H22BNO4. The van der Waals surface area contributed by atoms with E-state index < -0.39 is 24.4 Å². The van der Waals surface area contributed by atoms with Gasteiger partial charge in [0.1, 0.15) is 0 Å². The Balaban J connectivity index is 2.42. The molecule has 1 amide bonds. The summed E-state index contributed by atoms with van der Waals surface area (Å²) in [6, 6.07) is 3.78. The average molecular weight is 291 g/mol. The molecule has 1 aromatic rings. The van der Waals surface area contributed by atoms with Crippen molar-refractivity contribution in [3.05, 3.63) is 23.3 Å². The normalized spacial score (nSPS) is 19.6. The summed E-state index contributed by atoms with van der Waals surface area (Å²) in [6.45, 7) is 11.8. The highest BCUT2D eigenvalue weighted by Crippen LogP contribution is 2.37. The highest BCUT2D eigenvalue weighted by molar-refractivity contribution is 6.62. The Morgan fingerprint density at radius 2 is 1.67 bits per heavy atom. The third kappa shape index (κ3) is 2.92. The summed E-state index contributed by atoms with van der Waals surface area (Å²) >= 11 is 0. The van der Waals surface area contributed by atoms with Crippen molar-refractivity contribution < 1.29 is 19.2 Å². The molecule has 114 valence electrons. The zero-order valence-electron chi connectivity index (χ0n) is 13.4. The maximum atomic E-state index is 10.9. The standard InChI is InChI=1S/C15H22BNO4/c1-9-7-11(10(2)12(8-9)17-13(18)19)16-20-14(3,4)15(5,6)21-16/h7-8,17H,1-6H3,(H,18,19). The van der Waals surface area contributed by atoms with E-state index >= 15 is 0 Å². The first kappa shape index (κ1) is 15.9. The lowest BCUT2D eigenvalue weighted by atomic mass is 9.75. The topological polar surface area (TPSA) is 67.8 Å². The van der Waals surface area contributed by atoms with Gasteiger partial charge in [-0.3, -0.25) is 5.32 Å². The van der Waals surface area contributed by atoms with Crippen molar-refractivity contribution in [3.63, 3.8) is 0 Å². The van der Waals surface area contributed by atoms with Gasteiger partial charge in [0, 0.05) is 5.69 Å². The van der Waals surface area contributed by atoms with Gasteiger partial charge >= 0.3 is 13.2 Å². The zero-order valence-corrected chi connectivity index (χ0v) is 13.4. The molecule has 0 saturated carbocycles. The highest BCUT2D eigenvalue weighted by atomic mass is 16.7. The Labute approximate surface area is 125 Å². The fourth-order valence-electron chi connectivity index (χ4n) is 2.35. The van der Waals surface area contributed by atoms with Crippen molar-refractivity contribution in [1.82, 2.24) is 0 Å². The van der Waals surface area contributed by atoms with Crippen molar-refractivity contribution >= 4 is 24.4 Å². The van der Waals surface area contributed by atoms with E-state index in [1.807, 2.05) is 47.6 Å². The minimum Gasteiger partial charge on any atom is -0.465 e. The Morgan fingerprint density at radius 3 is 2.14 bits per heavy atom. The van der Waals surface area contributed by atoms with Crippen LogP contribution in [-0.4, -0.2) is 29.5 Å². The van der Waals surface area contributed by atoms with Crippen LogP contribution in [0.15, 0.2) is 12.1 Å². The third-order valence-corrected chi connectivity index (χ3v) is 4.34. The van der Waals surface area contributed by atoms with Crippen LogP contribution in [-0.2, 0) is 9.31 Å². The van der Waals surface area contributed by atoms with Gasteiger partial charge in [-0.05, 0) is 64.2 Å². The van der Waals surface area contributed by atoms with E-state index in [0.717, 1.165) is 16.6 Å². The number of aryl methyl sites for hydroxylation is 1. The number of rotatable bonds is 2. The molecule has 1 saturated heterocycles. The molecule has 1 aliphatic heterocycles. The Bertz CT molecular complexity index is 567. The van der Waals surface area contributed by atoms with Gasteiger partial charge in [0.25, 0.3) is 0 Å². The van der Waals surface area contributed by atoms with Gasteiger partial charge in [-0.15, -0.1) is 0 Å². The molecule has 2 N–H and O–H groups in total. The van der Waals surface area contributed by atoms with Crippen LogP contribution in [0, 0.1) is 13.8 Å². The lowest BCUT2D eigenvalue weighted by Gasteiger charge is -2.32. The van der Waals surface area contributed by atoms with Crippen molar-refractivity contribution in [2.45, 2.75) is 52.7 Å². The summed E-state index contributed by atoms with van der Waals surface area (Å²) in [5.41, 5.74) is 2.35. The maximum absolute atomic E-state index is 10.9. The van der Waals surface area contributed by atoms with Crippen LogP contribution in [0.25, 0.3) is 0 Å². The number of anilines is 1. The number of hydrogen-bond acceptors (Lipinski definition) is 3. The number of nitrogens with one attached hydrogen (secondary N) is 1. The molecular weight excluding hydrogens is 269 g/mol. The van der Waals surface area contributed by atoms with Crippen molar-refractivity contribution in [1.29, 1.82) is 0 Å². The van der Waals surface area contributed by atoms with Crippen LogP contribution in [0.4, 0.5) is 10.5 Å². The summed E-state index contributed by atoms with van der Waals surface area (Å²) < 4.78 is 12.1. The molecule has 0 spiro atoms. The van der Waals surface area contributed by atoms with E-state index in [9.17, 15) is 4.79 Å². The first-order chi connectivity index (χ1) is 9.53. The SMILES string of the molecule is Cc1cc(NC(=O)O)c(C)c(B2OC(C)(C)C(C)(C)O2)c1. The molecule has 2 rings (SSSR count). The second-order valence-corrected chi connectivity index (χ2v) is 6.55. The van der Waals surface area contributed by atoms with Gasteiger partial charge in [-0.2, -0.15) is 0 Å². The van der Waals surface area contributed by atoms with Crippen LogP contribution in [0.2, 0.25) is 0 Å². The van der Waals surface area contributed by atoms with Crippen molar-refractivity contribution in [3.8, 4) is 0 Å². The van der Waals surface area contributed by atoms with E-state index in [0.29, 0.717) is 5.69 Å². The fraction of sp³-hybridized carbons (Fsp3) is 0.533. The Kier molecular flexibility index (Phi) is 3.80. The predicted octanol–water partition coefficient (Wildman–Crippen LogP) is 2.69. The van der Waals surface area contributed by atoms with Gasteiger partial charge in [-0.1, -0.05) is 6.07 Å². The first-order valence-electron chi connectivity index (χ1n) is 7.00. The molecule has 1 fully saturated rings. The molecule has 0 aliphatic carbocycles. The predicted molar refractivity (Wildman–Crippen MR) is 83.3 cm³/mol. The number of hydrogen-bond donors (Lipinski definition) is 2. The lowest BCUT2D eigenvalue weighted by Crippen LogP contribution is -2.41. The molecule has 0 aromatic heterocycles. The second-order valence-electron chi connectivity index (χ2n) is 6.55. The van der Waals surface area contributed by atoms with Crippen LogP contribution in [0.1, 0.15) is 38.8 Å². The van der Waals surface area contributed by atoms with Crippen LogP contribution >= 0.6 is 0 Å². The van der Waals surface area contributed by atoms with Crippen molar-refractivity contribution in [2.24, 2.45) is 0 Å². The minimum absolute atomic E-state index is 0.422. The minimum atomic E-state index is -1.08. The molecule has 1 heterocycles. The summed E-state index contributed by atoms with van der Waals surface area (Å²) in [4.78, 5) is 10.9. The van der Waals surface area contributed by atoms with E-state index in [-0.39, 0.29) is 0 Å². The zero-order chi connectivity index (χ0) is 16.0. The smallest absolute Gasteiger partial charge is 0.465 e. The maximum Gasteiger partial charge on any atom is 0.495 e. The van der Waals surface area contributed by atoms with E-state index in [1.165, 1.54) is 0 Å². The summed E-state index contributed by atoms with van der Waals surface area (Å²) in [6.07, 6.45) is -1.08. The number of amides is 1. The summed E-state index contributed by atoms with van der Waals surface area (Å²) in [7, 11) is -0.496. The van der Waals surface area contributed by atoms with Gasteiger partial charge in [-0.25, -0.2) is 4.79 Å². The third-order valence-electron chi connectivity index (χ3n) is 4.34. The lowest BCUT2D eigenvalue weighted by molar-refractivity contribution is 0.00578. The molecule has 0 bridgehead atoms. The van der Waals surface area contributed by atoms with Gasteiger partial charge in [0.05, 0.1) is 11.2 Å². The summed E-state index contributed by atoms with van der Waals surface area (Å²) in [5.74, 6) is 0. The molecule has 1 aromatic carbocycles. The molecule has 0 atom stereocenters. The largest absolute Gasteiger partial charge is 0.495 e. The second kappa shape index (κ2) is 5.03. The number of carbonyl (C=O) groups is 1. The average Bonchev–Trinajstić information content (AvgIpc) is 2.52. The first-order valence-corrected chi connectivity index (χ1v) is 7.00. The molecule has 21 heavy (non-hydrogen) atoms. The van der Waals surface area contributed by atoms with E-state index in [2.05, 4.69) is 5.32 Å². The van der Waals surface area contributed by atoms with Crippen LogP contribution < -0.4 is 10.8 Å². The number of carboxylic acid groups (broad SMARTS) is 1. The molecule has 6 heteroatoms. The van der Waals surface area contributed by atoms with Gasteiger partial charge in [0.15, 0.2) is 0 Å². The molecule has 5 nitrogen and oxygen atoms in total. The van der Waals surface area contributed by atoms with E-state index in [4.69, 9.17) is 14.4 Å². The van der Waals surface area contributed by atoms with Crippen LogP contribution in [0.3, 0.4) is 0 Å². The van der Waals surface area contributed by atoms with Crippen LogP contribution in [0.5, 0.6) is 0 Å². The number of benzene rings is 1. The summed E-state index contributed by atoms with van der Waals surface area (Å²) in [5, 5.41) is 11.4. The fourth-order valence-corrected chi connectivity index (χ4v) is 2.35. The molecule has 0 radical (unpaired) electrons. The van der Waals surface area contributed by atoms with Gasteiger partial charge < -0.3 is 14.4 Å². The quantitative estimate of drug-likeness (QED) is 0.822. The monoisotopic (exact) mass is 291 g/mol. The molecule has 1 aliphatic rings. The van der Waals surface area contributed by atoms with Gasteiger partial charge in [0.2, 0.25) is 0 Å².